The van der Waals surface area contributed by atoms with E-state index < -0.39 is 21.7 Å². The Morgan fingerprint density at radius 3 is 2.74 bits per heavy atom. The van der Waals surface area contributed by atoms with Gasteiger partial charge >= 0.3 is 6.03 Å². The van der Waals surface area contributed by atoms with Crippen molar-refractivity contribution in [1.82, 2.24) is 15.0 Å². The summed E-state index contributed by atoms with van der Waals surface area (Å²) in [6.07, 6.45) is 2.67. The van der Waals surface area contributed by atoms with Gasteiger partial charge in [0, 0.05) is 24.6 Å². The summed E-state index contributed by atoms with van der Waals surface area (Å²) in [5.74, 6) is 0.299. The van der Waals surface area contributed by atoms with Crippen molar-refractivity contribution in [2.24, 2.45) is 0 Å². The van der Waals surface area contributed by atoms with Crippen LogP contribution in [-0.4, -0.2) is 61.5 Å². The zero-order valence-corrected chi connectivity index (χ0v) is 20.1. The first-order valence-corrected chi connectivity index (χ1v) is 13.2. The molecule has 10 nitrogen and oxygen atoms in total. The number of halogens is 1. The molecule has 180 valence electrons. The van der Waals surface area contributed by atoms with Crippen molar-refractivity contribution in [3.8, 4) is 10.7 Å². The van der Waals surface area contributed by atoms with Gasteiger partial charge in [0.2, 0.25) is 0 Å². The molecular formula is C21H23FN6O4S2. The van der Waals surface area contributed by atoms with E-state index in [-0.39, 0.29) is 11.8 Å². The van der Waals surface area contributed by atoms with Gasteiger partial charge in [0.15, 0.2) is 20.8 Å². The molecule has 0 bridgehead atoms. The number of sulfone groups is 1. The van der Waals surface area contributed by atoms with Crippen LogP contribution in [0.25, 0.3) is 10.7 Å². The Kier molecular flexibility index (Phi) is 7.05. The summed E-state index contributed by atoms with van der Waals surface area (Å²) in [6.45, 7) is 3.71. The van der Waals surface area contributed by atoms with Gasteiger partial charge in [-0.3, -0.25) is 5.32 Å². The number of carbonyl (C=O) groups is 1. The zero-order chi connectivity index (χ0) is 24.3. The summed E-state index contributed by atoms with van der Waals surface area (Å²) >= 11 is 1.15. The van der Waals surface area contributed by atoms with Crippen LogP contribution in [0, 0.1) is 5.82 Å². The van der Waals surface area contributed by atoms with E-state index in [0.717, 1.165) is 17.6 Å². The normalized spacial score (nSPS) is 16.3. The number of benzene rings is 1. The Balaban J connectivity index is 1.56. The van der Waals surface area contributed by atoms with Crippen LogP contribution < -0.4 is 15.5 Å². The van der Waals surface area contributed by atoms with E-state index in [1.165, 1.54) is 30.5 Å². The molecule has 2 amide bonds. The van der Waals surface area contributed by atoms with Crippen LogP contribution in [0.4, 0.5) is 25.8 Å². The van der Waals surface area contributed by atoms with Crippen LogP contribution in [0.5, 0.6) is 0 Å². The summed E-state index contributed by atoms with van der Waals surface area (Å²) < 4.78 is 42.4. The lowest BCUT2D eigenvalue weighted by Gasteiger charge is -2.34. The summed E-state index contributed by atoms with van der Waals surface area (Å²) in [6, 6.07) is 6.58. The van der Waals surface area contributed by atoms with Crippen molar-refractivity contribution < 1.29 is 22.3 Å². The monoisotopic (exact) mass is 506 g/mol. The molecule has 2 N–H and O–H groups in total. The van der Waals surface area contributed by atoms with Crippen LogP contribution >= 0.6 is 11.3 Å². The maximum atomic E-state index is 13.0. The standard InChI is InChI=1S/C21H23FN6O4S2/c1-13-11-32-8-7-28(13)18-9-16(12-34(2,30)31)24-19(26-18)17-10-23-21(33-17)27-20(29)25-15-5-3-14(22)4-6-15/h3-6,9-10,13H,7-8,11-12H2,1-2H3,(H2,23,25,27,29)/t13-/m0/s1. The Morgan fingerprint density at radius 1 is 1.26 bits per heavy atom. The second kappa shape index (κ2) is 9.99. The Hall–Kier alpha value is -3.16. The predicted molar refractivity (Wildman–Crippen MR) is 128 cm³/mol. The quantitative estimate of drug-likeness (QED) is 0.522. The maximum absolute atomic E-state index is 13.0. The molecule has 0 aliphatic carbocycles. The first-order chi connectivity index (χ1) is 16.2. The molecule has 34 heavy (non-hydrogen) atoms. The number of carbonyl (C=O) groups excluding carboxylic acids is 1. The topological polar surface area (TPSA) is 126 Å². The first kappa shape index (κ1) is 24.0. The molecule has 1 aliphatic rings. The van der Waals surface area contributed by atoms with Crippen molar-refractivity contribution in [1.29, 1.82) is 0 Å². The highest BCUT2D eigenvalue weighted by Crippen LogP contribution is 2.29. The molecule has 0 unspecified atom stereocenters. The number of thiazole rings is 1. The van der Waals surface area contributed by atoms with E-state index in [0.29, 0.717) is 52.8 Å². The lowest BCUT2D eigenvalue weighted by atomic mass is 10.2. The molecule has 1 fully saturated rings. The van der Waals surface area contributed by atoms with E-state index in [4.69, 9.17) is 4.74 Å². The zero-order valence-electron chi connectivity index (χ0n) is 18.5. The fraction of sp³-hybridized carbons (Fsp3) is 0.333. The van der Waals surface area contributed by atoms with E-state index in [1.807, 2.05) is 6.92 Å². The van der Waals surface area contributed by atoms with E-state index in [2.05, 4.69) is 30.5 Å². The lowest BCUT2D eigenvalue weighted by Crippen LogP contribution is -2.44. The minimum absolute atomic E-state index is 0.0661. The molecule has 1 aliphatic heterocycles. The summed E-state index contributed by atoms with van der Waals surface area (Å²) in [5, 5.41) is 5.51. The summed E-state index contributed by atoms with van der Waals surface area (Å²) in [5.41, 5.74) is 0.801. The number of anilines is 3. The van der Waals surface area contributed by atoms with Crippen molar-refractivity contribution in [2.45, 2.75) is 18.7 Å². The minimum Gasteiger partial charge on any atom is -0.377 e. The van der Waals surface area contributed by atoms with Gasteiger partial charge in [-0.15, -0.1) is 0 Å². The number of rotatable bonds is 6. The van der Waals surface area contributed by atoms with Gasteiger partial charge in [-0.2, -0.15) is 0 Å². The summed E-state index contributed by atoms with van der Waals surface area (Å²) in [4.78, 5) is 28.2. The number of hydrogen-bond acceptors (Lipinski definition) is 9. The van der Waals surface area contributed by atoms with Crippen molar-refractivity contribution in [3.63, 3.8) is 0 Å². The average molecular weight is 507 g/mol. The van der Waals surface area contributed by atoms with Crippen molar-refractivity contribution in [2.75, 3.05) is 41.5 Å². The number of hydrogen-bond donors (Lipinski definition) is 2. The smallest absolute Gasteiger partial charge is 0.325 e. The Bertz CT molecular complexity index is 1280. The van der Waals surface area contributed by atoms with E-state index >= 15 is 0 Å². The van der Waals surface area contributed by atoms with Crippen molar-refractivity contribution in [3.05, 3.63) is 48.0 Å². The van der Waals surface area contributed by atoms with E-state index in [9.17, 15) is 17.6 Å². The fourth-order valence-corrected chi connectivity index (χ4v) is 4.81. The number of morpholine rings is 1. The molecule has 1 atom stereocenters. The van der Waals surface area contributed by atoms with Crippen LogP contribution in [0.3, 0.4) is 0 Å². The number of nitrogens with zero attached hydrogens (tertiary/aromatic N) is 4. The number of ether oxygens (including phenoxy) is 1. The highest BCUT2D eigenvalue weighted by Gasteiger charge is 2.23. The van der Waals surface area contributed by atoms with Gasteiger partial charge in [-0.05, 0) is 31.2 Å². The predicted octanol–water partition coefficient (Wildman–Crippen LogP) is 3.15. The molecule has 0 spiro atoms. The maximum Gasteiger partial charge on any atom is 0.325 e. The average Bonchev–Trinajstić information content (AvgIpc) is 3.22. The SMILES string of the molecule is C[C@H]1COCCN1c1cc(CS(C)(=O)=O)nc(-c2cnc(NC(=O)Nc3ccc(F)cc3)s2)n1. The first-order valence-electron chi connectivity index (χ1n) is 10.4. The number of urea groups is 1. The molecule has 1 saturated heterocycles. The van der Waals surface area contributed by atoms with Crippen LogP contribution in [-0.2, 0) is 20.3 Å². The molecule has 2 aromatic heterocycles. The molecule has 0 radical (unpaired) electrons. The molecule has 0 saturated carbocycles. The molecule has 4 rings (SSSR count). The lowest BCUT2D eigenvalue weighted by molar-refractivity contribution is 0.0985. The molecular weight excluding hydrogens is 483 g/mol. The van der Waals surface area contributed by atoms with Crippen LogP contribution in [0.2, 0.25) is 0 Å². The Morgan fingerprint density at radius 2 is 2.03 bits per heavy atom. The minimum atomic E-state index is -3.31. The molecule has 13 heteroatoms. The third kappa shape index (κ3) is 6.24. The second-order valence-electron chi connectivity index (χ2n) is 7.84. The highest BCUT2D eigenvalue weighted by atomic mass is 32.2. The highest BCUT2D eigenvalue weighted by molar-refractivity contribution is 7.89. The van der Waals surface area contributed by atoms with E-state index in [1.54, 1.807) is 6.07 Å². The van der Waals surface area contributed by atoms with Crippen LogP contribution in [0.15, 0.2) is 36.5 Å². The fourth-order valence-electron chi connectivity index (χ4n) is 3.38. The van der Waals surface area contributed by atoms with Gasteiger partial charge in [-0.25, -0.2) is 32.6 Å². The third-order valence-corrected chi connectivity index (χ3v) is 6.62. The largest absolute Gasteiger partial charge is 0.377 e. The summed E-state index contributed by atoms with van der Waals surface area (Å²) in [7, 11) is -3.31. The second-order valence-corrected chi connectivity index (χ2v) is 11.0. The van der Waals surface area contributed by atoms with Gasteiger partial charge in [0.1, 0.15) is 11.6 Å². The van der Waals surface area contributed by atoms with Crippen molar-refractivity contribution >= 4 is 43.8 Å². The number of nitrogens with one attached hydrogen (secondary N) is 2. The third-order valence-electron chi connectivity index (χ3n) is 4.89. The number of amides is 2. The molecule has 1 aromatic carbocycles. The van der Waals surface area contributed by atoms with Gasteiger partial charge in [-0.1, -0.05) is 11.3 Å². The van der Waals surface area contributed by atoms with Gasteiger partial charge in [0.25, 0.3) is 0 Å². The van der Waals surface area contributed by atoms with Gasteiger partial charge < -0.3 is 15.0 Å². The molecule has 3 aromatic rings. The van der Waals surface area contributed by atoms with Gasteiger partial charge in [0.05, 0.1) is 41.8 Å². The van der Waals surface area contributed by atoms with Crippen LogP contribution in [0.1, 0.15) is 12.6 Å². The number of aromatic nitrogens is 3. The Labute approximate surface area is 200 Å². The molecule has 3 heterocycles.